The normalized spacial score (nSPS) is 18.6. The topological polar surface area (TPSA) is 95.2 Å². The lowest BCUT2D eigenvalue weighted by Crippen LogP contribution is -2.48. The number of nitrogens with zero attached hydrogens (tertiary/aromatic N) is 3. The summed E-state index contributed by atoms with van der Waals surface area (Å²) >= 11 is 0. The minimum Gasteiger partial charge on any atom is -0.455 e. The predicted molar refractivity (Wildman–Crippen MR) is 122 cm³/mol. The second-order valence-electron chi connectivity index (χ2n) is 8.40. The van der Waals surface area contributed by atoms with Crippen molar-refractivity contribution in [3.63, 3.8) is 0 Å². The minimum absolute atomic E-state index is 0.104. The summed E-state index contributed by atoms with van der Waals surface area (Å²) in [6, 6.07) is 6.61. The van der Waals surface area contributed by atoms with Crippen molar-refractivity contribution in [2.75, 3.05) is 32.7 Å². The molecule has 1 aliphatic heterocycles. The number of sulfonamides is 1. The summed E-state index contributed by atoms with van der Waals surface area (Å²) in [6.07, 6.45) is 2.11. The average Bonchev–Trinajstić information content (AvgIpc) is 3.14. The molecule has 0 atom stereocenters. The first-order valence-corrected chi connectivity index (χ1v) is 12.6. The van der Waals surface area contributed by atoms with Crippen molar-refractivity contribution in [3.8, 4) is 0 Å². The van der Waals surface area contributed by atoms with E-state index in [1.807, 2.05) is 18.7 Å². The SMILES string of the molecule is CCN1CCN(C(=O)c2oc3c(c2C)/C(=N/NS(=O)(=O)c2ccc(C)cc2)CCC3)CC1. The predicted octanol–water partition coefficient (Wildman–Crippen LogP) is 2.69. The molecule has 1 aromatic heterocycles. The van der Waals surface area contributed by atoms with Crippen LogP contribution in [0.5, 0.6) is 0 Å². The molecule has 2 aromatic rings. The van der Waals surface area contributed by atoms with Crippen LogP contribution in [0.15, 0.2) is 38.7 Å². The van der Waals surface area contributed by atoms with Gasteiger partial charge in [0.15, 0.2) is 5.76 Å². The Balaban J connectivity index is 1.57. The maximum absolute atomic E-state index is 13.1. The molecule has 1 N–H and O–H groups in total. The zero-order valence-corrected chi connectivity index (χ0v) is 19.7. The van der Waals surface area contributed by atoms with E-state index in [0.29, 0.717) is 43.2 Å². The molecule has 1 fully saturated rings. The molecule has 1 amide bonds. The smallest absolute Gasteiger partial charge is 0.289 e. The van der Waals surface area contributed by atoms with Crippen molar-refractivity contribution >= 4 is 21.6 Å². The van der Waals surface area contributed by atoms with E-state index < -0.39 is 10.0 Å². The molecule has 172 valence electrons. The van der Waals surface area contributed by atoms with E-state index in [-0.39, 0.29) is 10.8 Å². The van der Waals surface area contributed by atoms with Crippen LogP contribution in [0.3, 0.4) is 0 Å². The summed E-state index contributed by atoms with van der Waals surface area (Å²) in [5, 5.41) is 4.25. The molecule has 2 heterocycles. The second kappa shape index (κ2) is 9.07. The monoisotopic (exact) mass is 458 g/mol. The van der Waals surface area contributed by atoms with Crippen molar-refractivity contribution < 1.29 is 17.6 Å². The van der Waals surface area contributed by atoms with Gasteiger partial charge in [-0.3, -0.25) is 4.79 Å². The first kappa shape index (κ1) is 22.5. The van der Waals surface area contributed by atoms with Gasteiger partial charge in [0.25, 0.3) is 15.9 Å². The number of carbonyl (C=O) groups is 1. The van der Waals surface area contributed by atoms with Crippen LogP contribution in [0.25, 0.3) is 0 Å². The Bertz CT molecular complexity index is 1130. The van der Waals surface area contributed by atoms with Crippen LogP contribution in [0.2, 0.25) is 0 Å². The molecule has 9 heteroatoms. The Morgan fingerprint density at radius 1 is 1.09 bits per heavy atom. The Morgan fingerprint density at radius 2 is 1.78 bits per heavy atom. The number of piperazine rings is 1. The van der Waals surface area contributed by atoms with Crippen LogP contribution >= 0.6 is 0 Å². The number of rotatable bonds is 5. The van der Waals surface area contributed by atoms with E-state index in [2.05, 4.69) is 21.8 Å². The largest absolute Gasteiger partial charge is 0.455 e. The standard InChI is InChI=1S/C23H30N4O4S/c1-4-26-12-14-27(15-13-26)23(28)22-17(3)21-19(6-5-7-20(21)31-22)24-25-32(29,30)18-10-8-16(2)9-11-18/h8-11,25H,4-7,12-15H2,1-3H3/b24-19+. The number of nitrogens with one attached hydrogen (secondary N) is 1. The van der Waals surface area contributed by atoms with Crippen LogP contribution < -0.4 is 4.83 Å². The van der Waals surface area contributed by atoms with Gasteiger partial charge in [-0.1, -0.05) is 24.6 Å². The third-order valence-electron chi connectivity index (χ3n) is 6.26. The lowest BCUT2D eigenvalue weighted by atomic mass is 9.93. The molecule has 0 radical (unpaired) electrons. The fraction of sp³-hybridized carbons (Fsp3) is 0.478. The van der Waals surface area contributed by atoms with Gasteiger partial charge < -0.3 is 14.2 Å². The lowest BCUT2D eigenvalue weighted by molar-refractivity contribution is 0.0609. The maximum Gasteiger partial charge on any atom is 0.289 e. The zero-order chi connectivity index (χ0) is 22.9. The van der Waals surface area contributed by atoms with Gasteiger partial charge in [-0.25, -0.2) is 0 Å². The van der Waals surface area contributed by atoms with E-state index in [9.17, 15) is 13.2 Å². The van der Waals surface area contributed by atoms with E-state index in [1.54, 1.807) is 24.3 Å². The Kier molecular flexibility index (Phi) is 6.39. The van der Waals surface area contributed by atoms with E-state index in [4.69, 9.17) is 4.42 Å². The molecule has 0 unspecified atom stereocenters. The highest BCUT2D eigenvalue weighted by Crippen LogP contribution is 2.31. The number of benzene rings is 1. The highest BCUT2D eigenvalue weighted by molar-refractivity contribution is 7.89. The number of fused-ring (bicyclic) bond motifs is 1. The van der Waals surface area contributed by atoms with Crippen molar-refractivity contribution in [3.05, 3.63) is 52.5 Å². The minimum atomic E-state index is -3.77. The number of amides is 1. The molecule has 0 saturated carbocycles. The van der Waals surface area contributed by atoms with Crippen molar-refractivity contribution in [1.29, 1.82) is 0 Å². The van der Waals surface area contributed by atoms with E-state index >= 15 is 0 Å². The second-order valence-corrected chi connectivity index (χ2v) is 10.1. The van der Waals surface area contributed by atoms with E-state index in [1.165, 1.54) is 0 Å². The number of carbonyl (C=O) groups excluding carboxylic acids is 1. The van der Waals surface area contributed by atoms with Crippen molar-refractivity contribution in [1.82, 2.24) is 14.6 Å². The van der Waals surface area contributed by atoms with Gasteiger partial charge in [-0.05, 0) is 45.4 Å². The average molecular weight is 459 g/mol. The fourth-order valence-corrected chi connectivity index (χ4v) is 5.11. The number of hydrogen-bond acceptors (Lipinski definition) is 6. The number of hydrazone groups is 1. The third-order valence-corrected chi connectivity index (χ3v) is 7.48. The maximum atomic E-state index is 13.1. The number of aryl methyl sites for hydroxylation is 2. The van der Waals surface area contributed by atoms with Crippen molar-refractivity contribution in [2.45, 2.75) is 44.9 Å². The number of likely N-dealkylation sites (N-methyl/N-ethyl adjacent to an activating group) is 1. The van der Waals surface area contributed by atoms with Gasteiger partial charge in [0.2, 0.25) is 0 Å². The number of hydrogen-bond donors (Lipinski definition) is 1. The molecule has 1 aromatic carbocycles. The molecule has 4 rings (SSSR count). The van der Waals surface area contributed by atoms with Crippen LogP contribution in [0.1, 0.15) is 52.8 Å². The van der Waals surface area contributed by atoms with Crippen LogP contribution in [-0.2, 0) is 16.4 Å². The Labute approximate surface area is 189 Å². The highest BCUT2D eigenvalue weighted by atomic mass is 32.2. The van der Waals surface area contributed by atoms with Gasteiger partial charge in [-0.15, -0.1) is 0 Å². The van der Waals surface area contributed by atoms with Gasteiger partial charge in [0.05, 0.1) is 10.6 Å². The summed E-state index contributed by atoms with van der Waals surface area (Å²) in [7, 11) is -3.77. The summed E-state index contributed by atoms with van der Waals surface area (Å²) in [5.41, 5.74) is 3.09. The molecule has 32 heavy (non-hydrogen) atoms. The van der Waals surface area contributed by atoms with Crippen LogP contribution in [-0.4, -0.2) is 62.6 Å². The molecule has 1 aliphatic carbocycles. The first-order chi connectivity index (χ1) is 15.3. The molecule has 2 aliphatic rings. The molecule has 8 nitrogen and oxygen atoms in total. The summed E-state index contributed by atoms with van der Waals surface area (Å²) in [4.78, 5) is 19.8. The molecule has 0 bridgehead atoms. The Hall–Kier alpha value is -2.65. The van der Waals surface area contributed by atoms with Gasteiger partial charge >= 0.3 is 0 Å². The Morgan fingerprint density at radius 3 is 2.44 bits per heavy atom. The lowest BCUT2D eigenvalue weighted by Gasteiger charge is -2.33. The fourth-order valence-electron chi connectivity index (χ4n) is 4.28. The van der Waals surface area contributed by atoms with Gasteiger partial charge in [0, 0.05) is 43.7 Å². The van der Waals surface area contributed by atoms with Crippen LogP contribution in [0.4, 0.5) is 0 Å². The first-order valence-electron chi connectivity index (χ1n) is 11.1. The van der Waals surface area contributed by atoms with Gasteiger partial charge in [0.1, 0.15) is 5.76 Å². The molecule has 0 spiro atoms. The van der Waals surface area contributed by atoms with Crippen molar-refractivity contribution in [2.24, 2.45) is 5.10 Å². The quantitative estimate of drug-likeness (QED) is 0.695. The van der Waals surface area contributed by atoms with Gasteiger partial charge in [-0.2, -0.15) is 18.4 Å². The zero-order valence-electron chi connectivity index (χ0n) is 18.8. The molecular formula is C23H30N4O4S. The summed E-state index contributed by atoms with van der Waals surface area (Å²) in [5.74, 6) is 0.945. The summed E-state index contributed by atoms with van der Waals surface area (Å²) in [6.45, 7) is 9.92. The summed E-state index contributed by atoms with van der Waals surface area (Å²) < 4.78 is 31.3. The molecule has 1 saturated heterocycles. The van der Waals surface area contributed by atoms with Crippen LogP contribution in [0, 0.1) is 13.8 Å². The number of furan rings is 1. The molecular weight excluding hydrogens is 428 g/mol. The third kappa shape index (κ3) is 4.45. The highest BCUT2D eigenvalue weighted by Gasteiger charge is 2.31. The van der Waals surface area contributed by atoms with E-state index in [0.717, 1.165) is 42.7 Å².